The monoisotopic (exact) mass is 1150 g/mol. The number of aromatic nitrogens is 10. The summed E-state index contributed by atoms with van der Waals surface area (Å²) in [6.07, 6.45) is -10.4. The average Bonchev–Trinajstić information content (AvgIpc) is 3.89. The summed E-state index contributed by atoms with van der Waals surface area (Å²) in [5, 5.41) is 1.47. The molecule has 0 fully saturated rings. The van der Waals surface area contributed by atoms with Gasteiger partial charge in [-0.3, -0.25) is 0 Å². The zero-order valence-corrected chi connectivity index (χ0v) is 45.5. The summed E-state index contributed by atoms with van der Waals surface area (Å²) in [6.45, 7) is 0. The molecule has 0 unspecified atom stereocenters. The molecule has 418 valence electrons. The fourth-order valence-corrected chi connectivity index (χ4v) is 10.7. The van der Waals surface area contributed by atoms with Gasteiger partial charge in [-0.1, -0.05) is 212 Å². The highest BCUT2D eigenvalue weighted by Gasteiger charge is 2.39. The minimum absolute atomic E-state index is 0.0272. The smallest absolute Gasteiger partial charge is 0.309 e. The Morgan fingerprint density at radius 2 is 0.552 bits per heavy atom. The standard InChI is InChI=1S/C71H42F6N10/c72-70(73,74)51-33-37-53(58(41-51)71(75,76)77)57-42-52(34-38-56(57)69-85-65(47-27-15-5-16-28-47)80-66(86-69)48-29-17-6-18-30-48)87-59-39-49(67-81-61(43-19-7-1-8-20-43)78-62(82-67)44-21-9-2-10-22-44)31-35-54(59)55-36-32-50(40-60(55)87)68-83-63(45-23-11-3-12-24-45)79-64(84-68)46-25-13-4-14-26-46/h1-42H. The molecule has 0 amide bonds. The van der Waals surface area contributed by atoms with Gasteiger partial charge in [0.25, 0.3) is 0 Å². The molecule has 0 N–H and O–H groups in total. The van der Waals surface area contributed by atoms with Crippen LogP contribution in [0.3, 0.4) is 0 Å². The molecule has 4 heterocycles. The van der Waals surface area contributed by atoms with E-state index in [1.807, 2.05) is 174 Å². The zero-order valence-electron chi connectivity index (χ0n) is 45.5. The van der Waals surface area contributed by atoms with E-state index < -0.39 is 29.0 Å². The summed E-state index contributed by atoms with van der Waals surface area (Å²) >= 11 is 0. The summed E-state index contributed by atoms with van der Waals surface area (Å²) in [5.74, 6) is 2.78. The van der Waals surface area contributed by atoms with Gasteiger partial charge in [0.1, 0.15) is 0 Å². The molecule has 16 heteroatoms. The highest BCUT2D eigenvalue weighted by molar-refractivity contribution is 6.11. The number of hydrogen-bond donors (Lipinski definition) is 0. The van der Waals surface area contributed by atoms with Crippen molar-refractivity contribution in [2.45, 2.75) is 12.4 Å². The Morgan fingerprint density at radius 1 is 0.241 bits per heavy atom. The highest BCUT2D eigenvalue weighted by Crippen LogP contribution is 2.46. The molecule has 14 aromatic rings. The van der Waals surface area contributed by atoms with Crippen molar-refractivity contribution in [2.75, 3.05) is 0 Å². The predicted molar refractivity (Wildman–Crippen MR) is 325 cm³/mol. The molecule has 10 aromatic carbocycles. The maximum atomic E-state index is 15.7. The van der Waals surface area contributed by atoms with E-state index in [9.17, 15) is 13.2 Å². The first-order valence-corrected chi connectivity index (χ1v) is 27.5. The molecule has 0 bridgehead atoms. The van der Waals surface area contributed by atoms with Gasteiger partial charge in [-0.15, -0.1) is 0 Å². The van der Waals surface area contributed by atoms with Crippen LogP contribution in [-0.4, -0.2) is 49.4 Å². The molecule has 0 aliphatic rings. The van der Waals surface area contributed by atoms with E-state index in [1.165, 1.54) is 6.07 Å². The van der Waals surface area contributed by atoms with Crippen molar-refractivity contribution in [3.05, 3.63) is 266 Å². The van der Waals surface area contributed by atoms with E-state index in [1.54, 1.807) is 60.7 Å². The van der Waals surface area contributed by atoms with Crippen LogP contribution in [0.15, 0.2) is 255 Å². The number of benzene rings is 10. The number of fused-ring (bicyclic) bond motifs is 3. The van der Waals surface area contributed by atoms with Crippen LogP contribution in [0, 0.1) is 0 Å². The molecule has 87 heavy (non-hydrogen) atoms. The van der Waals surface area contributed by atoms with Gasteiger partial charge in [-0.25, -0.2) is 44.9 Å². The summed E-state index contributed by atoms with van der Waals surface area (Å²) in [5.41, 5.74) is 3.27. The van der Waals surface area contributed by atoms with Gasteiger partial charge in [0.15, 0.2) is 52.4 Å². The van der Waals surface area contributed by atoms with E-state index in [0.717, 1.165) is 39.1 Å². The van der Waals surface area contributed by atoms with Crippen LogP contribution in [0.4, 0.5) is 26.3 Å². The lowest BCUT2D eigenvalue weighted by molar-refractivity contribution is -0.142. The highest BCUT2D eigenvalue weighted by atomic mass is 19.4. The lowest BCUT2D eigenvalue weighted by Gasteiger charge is -2.20. The molecule has 0 saturated carbocycles. The van der Waals surface area contributed by atoms with Crippen LogP contribution in [-0.2, 0) is 12.4 Å². The molecule has 14 rings (SSSR count). The Morgan fingerprint density at radius 3 is 0.874 bits per heavy atom. The van der Waals surface area contributed by atoms with Crippen molar-refractivity contribution >= 4 is 21.8 Å². The van der Waals surface area contributed by atoms with Gasteiger partial charge < -0.3 is 4.57 Å². The van der Waals surface area contributed by atoms with Gasteiger partial charge in [-0.2, -0.15) is 26.3 Å². The predicted octanol–water partition coefficient (Wildman–Crippen LogP) is 18.0. The number of alkyl halides is 6. The maximum Gasteiger partial charge on any atom is 0.417 e. The number of halogens is 6. The van der Waals surface area contributed by atoms with Crippen molar-refractivity contribution in [2.24, 2.45) is 0 Å². The largest absolute Gasteiger partial charge is 0.417 e. The van der Waals surface area contributed by atoms with Gasteiger partial charge in [-0.05, 0) is 53.6 Å². The van der Waals surface area contributed by atoms with Crippen LogP contribution in [0.25, 0.3) is 141 Å². The number of rotatable bonds is 11. The second-order valence-electron chi connectivity index (χ2n) is 20.4. The van der Waals surface area contributed by atoms with E-state index >= 15 is 13.2 Å². The van der Waals surface area contributed by atoms with Gasteiger partial charge in [0, 0.05) is 66.5 Å². The van der Waals surface area contributed by atoms with Crippen molar-refractivity contribution in [3.63, 3.8) is 0 Å². The minimum atomic E-state index is -5.27. The third-order valence-electron chi connectivity index (χ3n) is 14.8. The molecule has 0 saturated heterocycles. The van der Waals surface area contributed by atoms with Crippen LogP contribution >= 0.6 is 0 Å². The Kier molecular flexibility index (Phi) is 13.5. The normalized spacial score (nSPS) is 11.8. The fourth-order valence-electron chi connectivity index (χ4n) is 10.7. The zero-order chi connectivity index (χ0) is 59.2. The quantitative estimate of drug-likeness (QED) is 0.117. The molecule has 10 nitrogen and oxygen atoms in total. The lowest BCUT2D eigenvalue weighted by Crippen LogP contribution is -2.12. The first-order chi connectivity index (χ1) is 42.4. The van der Waals surface area contributed by atoms with Crippen molar-refractivity contribution in [1.82, 2.24) is 49.4 Å². The van der Waals surface area contributed by atoms with E-state index in [2.05, 4.69) is 0 Å². The van der Waals surface area contributed by atoms with E-state index in [-0.39, 0.29) is 34.7 Å². The van der Waals surface area contributed by atoms with Crippen molar-refractivity contribution < 1.29 is 26.3 Å². The van der Waals surface area contributed by atoms with Crippen LogP contribution < -0.4 is 0 Å². The molecule has 4 aromatic heterocycles. The van der Waals surface area contributed by atoms with E-state index in [0.29, 0.717) is 80.0 Å². The van der Waals surface area contributed by atoms with Crippen LogP contribution in [0.5, 0.6) is 0 Å². The molecule has 0 atom stereocenters. The van der Waals surface area contributed by atoms with Crippen LogP contribution in [0.1, 0.15) is 11.1 Å². The Labute approximate surface area is 493 Å². The second kappa shape index (κ2) is 22.0. The maximum absolute atomic E-state index is 15.7. The molecule has 0 radical (unpaired) electrons. The van der Waals surface area contributed by atoms with Gasteiger partial charge in [0.05, 0.1) is 22.2 Å². The average molecular weight is 1150 g/mol. The molecule has 0 aliphatic carbocycles. The topological polar surface area (TPSA) is 121 Å². The molecule has 0 spiro atoms. The lowest BCUT2D eigenvalue weighted by atomic mass is 9.92. The Balaban J connectivity index is 1.06. The summed E-state index contributed by atoms with van der Waals surface area (Å²) < 4.78 is 92.6. The van der Waals surface area contributed by atoms with Gasteiger partial charge in [0.2, 0.25) is 0 Å². The second-order valence-corrected chi connectivity index (χ2v) is 20.4. The fraction of sp³-hybridized carbons (Fsp3) is 0.0282. The van der Waals surface area contributed by atoms with Crippen LogP contribution in [0.2, 0.25) is 0 Å². The molecular formula is C71H42F6N10. The number of nitrogens with zero attached hydrogens (tertiary/aromatic N) is 10. The Hall–Kier alpha value is -11.4. The number of hydrogen-bond acceptors (Lipinski definition) is 9. The third-order valence-corrected chi connectivity index (χ3v) is 14.8. The van der Waals surface area contributed by atoms with E-state index in [4.69, 9.17) is 44.9 Å². The summed E-state index contributed by atoms with van der Waals surface area (Å²) in [4.78, 5) is 44.6. The van der Waals surface area contributed by atoms with Crippen molar-refractivity contribution in [1.29, 1.82) is 0 Å². The molecule has 0 aliphatic heterocycles. The van der Waals surface area contributed by atoms with Crippen molar-refractivity contribution in [3.8, 4) is 119 Å². The third kappa shape index (κ3) is 10.6. The molecular weight excluding hydrogens is 1110 g/mol. The first-order valence-electron chi connectivity index (χ1n) is 27.5. The summed E-state index contributed by atoms with van der Waals surface area (Å²) in [6, 6.07) is 74.2. The first kappa shape index (κ1) is 53.6. The minimum Gasteiger partial charge on any atom is -0.309 e. The SMILES string of the molecule is FC(F)(F)c1ccc(-c2cc(-n3c4cc(-c5nc(-c6ccccc6)nc(-c6ccccc6)n5)ccc4c4ccc(-c5nc(-c6ccccc6)nc(-c6ccccc6)n5)cc43)ccc2-c2nc(-c3ccccc3)nc(-c3ccccc3)n2)c(C(F)(F)F)c1. The Bertz CT molecular complexity index is 4520. The van der Waals surface area contributed by atoms with Gasteiger partial charge >= 0.3 is 12.4 Å². The summed E-state index contributed by atoms with van der Waals surface area (Å²) in [7, 11) is 0.